The van der Waals surface area contributed by atoms with E-state index >= 15 is 0 Å². The fourth-order valence-electron chi connectivity index (χ4n) is 0.917. The maximum atomic E-state index is 12.7. The van der Waals surface area contributed by atoms with E-state index in [9.17, 15) is 65.5 Å². The van der Waals surface area contributed by atoms with Crippen LogP contribution < -0.4 is 58.2 Å². The Morgan fingerprint density at radius 3 is 1.04 bits per heavy atom. The molecule has 1 N–H and O–H groups in total. The average molecular weight is 487 g/mol. The number of hydrogen-bond acceptors (Lipinski definition) is 2. The number of rotatable bonds is 5. The van der Waals surface area contributed by atoms with Gasteiger partial charge in [-0.25, -0.2) is 0 Å². The molecule has 24 heavy (non-hydrogen) atoms. The van der Waals surface area contributed by atoms with Crippen molar-refractivity contribution < 1.29 is 130 Å². The van der Waals surface area contributed by atoms with E-state index in [0.717, 1.165) is 0 Å². The van der Waals surface area contributed by atoms with Gasteiger partial charge in [0, 0.05) is 0 Å². The van der Waals surface area contributed by atoms with Crippen molar-refractivity contribution in [1.82, 2.24) is 0 Å². The Balaban J connectivity index is -0.00000242. The molecular formula is C6H2F13O3RbS. The van der Waals surface area contributed by atoms with Gasteiger partial charge in [-0.1, -0.05) is 0 Å². The van der Waals surface area contributed by atoms with Crippen LogP contribution in [0.4, 0.5) is 57.1 Å². The van der Waals surface area contributed by atoms with Crippen LogP contribution in [0.3, 0.4) is 0 Å². The molecule has 0 spiro atoms. The van der Waals surface area contributed by atoms with Gasteiger partial charge in [0.2, 0.25) is 0 Å². The molecule has 0 radical (unpaired) electrons. The first kappa shape index (κ1) is 27.0. The molecule has 0 unspecified atom stereocenters. The largest absolute Gasteiger partial charge is 1.00 e. The van der Waals surface area contributed by atoms with E-state index < -0.39 is 45.2 Å². The van der Waals surface area contributed by atoms with Crippen LogP contribution in [0.2, 0.25) is 0 Å². The van der Waals surface area contributed by atoms with Crippen molar-refractivity contribution in [2.24, 2.45) is 0 Å². The van der Waals surface area contributed by atoms with Gasteiger partial charge in [-0.3, -0.25) is 4.55 Å². The van der Waals surface area contributed by atoms with Crippen molar-refractivity contribution in [1.29, 1.82) is 0 Å². The maximum absolute atomic E-state index is 12.7. The van der Waals surface area contributed by atoms with Gasteiger partial charge in [0.15, 0.2) is 0 Å². The molecule has 0 bridgehead atoms. The van der Waals surface area contributed by atoms with E-state index in [1.165, 1.54) is 0 Å². The second kappa shape index (κ2) is 6.76. The fourth-order valence-corrected chi connectivity index (χ4v) is 1.37. The minimum atomic E-state index is -8.25. The molecule has 0 fully saturated rings. The van der Waals surface area contributed by atoms with Crippen molar-refractivity contribution in [2.45, 2.75) is 35.1 Å². The van der Waals surface area contributed by atoms with E-state index in [0.29, 0.717) is 0 Å². The summed E-state index contributed by atoms with van der Waals surface area (Å²) < 4.78 is 188. The summed E-state index contributed by atoms with van der Waals surface area (Å²) in [5.41, 5.74) is 0. The average Bonchev–Trinajstić information content (AvgIpc) is 2.24. The van der Waals surface area contributed by atoms with Crippen LogP contribution in [0.1, 0.15) is 1.43 Å². The van der Waals surface area contributed by atoms with Crippen molar-refractivity contribution >= 4 is 10.1 Å². The molecule has 0 saturated carbocycles. The smallest absolute Gasteiger partial charge is 1.00 e. The molecule has 0 atom stereocenters. The van der Waals surface area contributed by atoms with E-state index in [1.807, 2.05) is 0 Å². The zero-order valence-corrected chi connectivity index (χ0v) is 16.3. The molecule has 0 saturated heterocycles. The summed E-state index contributed by atoms with van der Waals surface area (Å²) in [4.78, 5) is 0. The van der Waals surface area contributed by atoms with Gasteiger partial charge >= 0.3 is 103 Å². The van der Waals surface area contributed by atoms with Crippen molar-refractivity contribution in [3.63, 3.8) is 0 Å². The summed E-state index contributed by atoms with van der Waals surface area (Å²) in [6, 6.07) is 0. The Kier molecular flexibility index (Phi) is 7.61. The second-order valence-electron chi connectivity index (χ2n) is 3.79. The minimum absolute atomic E-state index is 0. The molecule has 3 nitrogen and oxygen atoms in total. The van der Waals surface area contributed by atoms with E-state index in [2.05, 4.69) is 0 Å². The van der Waals surface area contributed by atoms with Gasteiger partial charge in [-0.05, 0) is 0 Å². The molecule has 0 heterocycles. The number of hydrogen-bond donors (Lipinski definition) is 1. The molecular weight excluding hydrogens is 485 g/mol. The van der Waals surface area contributed by atoms with Crippen LogP contribution in [0.25, 0.3) is 0 Å². The number of halogens is 13. The summed E-state index contributed by atoms with van der Waals surface area (Å²) in [5, 5.41) is -7.52. The normalized spacial score (nSPS) is 15.9. The maximum Gasteiger partial charge on any atom is 1.00 e. The van der Waals surface area contributed by atoms with Gasteiger partial charge in [-0.15, -0.1) is 0 Å². The standard InChI is InChI=1S/C6HF13O3S.Rb.H/c7-1(8,3(11,12)5(15,16)17)2(9,10)4(13,14)6(18,19)23(20,21)22;;/h(H,20,21,22);;/q;+1;-1. The van der Waals surface area contributed by atoms with Gasteiger partial charge in [0.25, 0.3) is 0 Å². The molecule has 0 aliphatic carbocycles. The first-order valence-electron chi connectivity index (χ1n) is 4.43. The molecule has 142 valence electrons. The summed E-state index contributed by atoms with van der Waals surface area (Å²) >= 11 is 0. The Bertz CT molecular complexity index is 571. The first-order valence-corrected chi connectivity index (χ1v) is 5.87. The first-order chi connectivity index (χ1) is 9.50. The predicted molar refractivity (Wildman–Crippen MR) is 43.5 cm³/mol. The summed E-state index contributed by atoms with van der Waals surface area (Å²) in [5.74, 6) is -32.5. The van der Waals surface area contributed by atoms with Crippen molar-refractivity contribution in [3.05, 3.63) is 0 Å². The molecule has 0 aliphatic rings. The zero-order chi connectivity index (χ0) is 19.5. The van der Waals surface area contributed by atoms with E-state index in [1.54, 1.807) is 0 Å². The Morgan fingerprint density at radius 1 is 0.583 bits per heavy atom. The monoisotopic (exact) mass is 486 g/mol. The molecule has 0 aromatic carbocycles. The van der Waals surface area contributed by atoms with Crippen molar-refractivity contribution in [3.8, 4) is 0 Å². The van der Waals surface area contributed by atoms with Crippen LogP contribution in [0.15, 0.2) is 0 Å². The Morgan fingerprint density at radius 2 is 0.833 bits per heavy atom. The van der Waals surface area contributed by atoms with Crippen molar-refractivity contribution in [2.75, 3.05) is 0 Å². The van der Waals surface area contributed by atoms with Gasteiger partial charge < -0.3 is 1.43 Å². The number of alkyl halides is 13. The fraction of sp³-hybridized carbons (Fsp3) is 1.00. The van der Waals surface area contributed by atoms with Crippen LogP contribution in [0, 0.1) is 0 Å². The predicted octanol–water partition coefficient (Wildman–Crippen LogP) is 0.687. The Labute approximate surface area is 173 Å². The molecule has 0 aromatic heterocycles. The van der Waals surface area contributed by atoms with Crippen LogP contribution in [-0.4, -0.2) is 48.1 Å². The third-order valence-electron chi connectivity index (χ3n) is 2.23. The van der Waals surface area contributed by atoms with Gasteiger partial charge in [0.05, 0.1) is 0 Å². The minimum Gasteiger partial charge on any atom is -1.00 e. The van der Waals surface area contributed by atoms with Gasteiger partial charge in [-0.2, -0.15) is 65.5 Å². The second-order valence-corrected chi connectivity index (χ2v) is 5.25. The van der Waals surface area contributed by atoms with E-state index in [4.69, 9.17) is 4.55 Å². The quantitative estimate of drug-likeness (QED) is 0.460. The van der Waals surface area contributed by atoms with Crippen LogP contribution >= 0.6 is 0 Å². The SMILES string of the molecule is O=S(=O)(O)C(F)(F)C(F)(F)C(F)(F)C(F)(F)C(F)(F)C(F)(F)F.[H-].[Rb+]. The van der Waals surface area contributed by atoms with Gasteiger partial charge in [0.1, 0.15) is 0 Å². The molecule has 18 heteroatoms. The van der Waals surface area contributed by atoms with Crippen LogP contribution in [-0.2, 0) is 10.1 Å². The third-order valence-corrected chi connectivity index (χ3v) is 3.13. The summed E-state index contributed by atoms with van der Waals surface area (Å²) in [6.45, 7) is 0. The molecule has 0 rings (SSSR count). The summed E-state index contributed by atoms with van der Waals surface area (Å²) in [7, 11) is -7.61. The molecule has 0 aromatic rings. The summed E-state index contributed by atoms with van der Waals surface area (Å²) in [6.07, 6.45) is -7.59. The third kappa shape index (κ3) is 3.61. The van der Waals surface area contributed by atoms with Crippen LogP contribution in [0.5, 0.6) is 0 Å². The van der Waals surface area contributed by atoms with E-state index in [-0.39, 0.29) is 59.6 Å². The molecule has 0 aliphatic heterocycles. The Hall–Kier alpha value is 0.805. The zero-order valence-electron chi connectivity index (χ0n) is 11.6. The molecule has 0 amide bonds. The topological polar surface area (TPSA) is 54.4 Å².